The number of hydrogen-bond acceptors (Lipinski definition) is 9. The number of rotatable bonds is 5. The predicted molar refractivity (Wildman–Crippen MR) is 125 cm³/mol. The lowest BCUT2D eigenvalue weighted by atomic mass is 10.1. The summed E-state index contributed by atoms with van der Waals surface area (Å²) < 4.78 is 0. The van der Waals surface area contributed by atoms with Gasteiger partial charge in [-0.1, -0.05) is 6.07 Å². The zero-order chi connectivity index (χ0) is 22.1. The largest absolute Gasteiger partial charge is 0.384 e. The van der Waals surface area contributed by atoms with Gasteiger partial charge in [0.25, 0.3) is 0 Å². The Morgan fingerprint density at radius 2 is 1.91 bits per heavy atom. The van der Waals surface area contributed by atoms with Crippen LogP contribution in [0.15, 0.2) is 43.1 Å². The number of fused-ring (bicyclic) bond motifs is 1. The lowest BCUT2D eigenvalue weighted by molar-refractivity contribution is 0.405. The molecule has 4 aromatic rings. The summed E-state index contributed by atoms with van der Waals surface area (Å²) in [7, 11) is 0. The van der Waals surface area contributed by atoms with Crippen LogP contribution in [0.25, 0.3) is 22.3 Å². The number of piperazine rings is 1. The Morgan fingerprint density at radius 3 is 2.72 bits per heavy atom. The zero-order valence-corrected chi connectivity index (χ0v) is 18.1. The highest BCUT2D eigenvalue weighted by atomic mass is 15.3. The molecule has 1 aliphatic rings. The molecule has 32 heavy (non-hydrogen) atoms. The molecule has 5 N–H and O–H groups in total. The van der Waals surface area contributed by atoms with Crippen LogP contribution in [0.1, 0.15) is 19.5 Å². The van der Waals surface area contributed by atoms with E-state index in [0.717, 1.165) is 41.2 Å². The molecule has 10 nitrogen and oxygen atoms in total. The summed E-state index contributed by atoms with van der Waals surface area (Å²) in [5.41, 5.74) is 9.09. The van der Waals surface area contributed by atoms with Gasteiger partial charge in [0.05, 0.1) is 23.3 Å². The van der Waals surface area contributed by atoms with E-state index in [1.54, 1.807) is 6.07 Å². The first-order valence-corrected chi connectivity index (χ1v) is 10.7. The van der Waals surface area contributed by atoms with Gasteiger partial charge in [-0.15, -0.1) is 0 Å². The molecule has 2 atom stereocenters. The van der Waals surface area contributed by atoms with Crippen LogP contribution in [0.4, 0.5) is 17.5 Å². The number of nitrogens with one attached hydrogen (secondary N) is 3. The fourth-order valence-electron chi connectivity index (χ4n) is 4.25. The fourth-order valence-corrected chi connectivity index (χ4v) is 4.25. The lowest BCUT2D eigenvalue weighted by Gasteiger charge is -2.37. The summed E-state index contributed by atoms with van der Waals surface area (Å²) in [6, 6.07) is 8.74. The number of anilines is 3. The molecule has 0 spiro atoms. The molecule has 4 aromatic heterocycles. The highest BCUT2D eigenvalue weighted by Crippen LogP contribution is 2.31. The van der Waals surface area contributed by atoms with Crippen molar-refractivity contribution < 1.29 is 0 Å². The van der Waals surface area contributed by atoms with E-state index < -0.39 is 0 Å². The van der Waals surface area contributed by atoms with E-state index in [9.17, 15) is 0 Å². The number of aromatic nitrogens is 6. The Labute approximate surface area is 185 Å². The molecule has 1 fully saturated rings. The van der Waals surface area contributed by atoms with Gasteiger partial charge in [0.1, 0.15) is 35.8 Å². The Kier molecular flexibility index (Phi) is 5.28. The maximum atomic E-state index is 5.85. The van der Waals surface area contributed by atoms with Gasteiger partial charge in [-0.2, -0.15) is 0 Å². The maximum absolute atomic E-state index is 5.85. The van der Waals surface area contributed by atoms with E-state index in [1.807, 2.05) is 12.3 Å². The Morgan fingerprint density at radius 1 is 1.09 bits per heavy atom. The van der Waals surface area contributed by atoms with Gasteiger partial charge < -0.3 is 26.3 Å². The fraction of sp³-hybridized carbons (Fsp3) is 0.318. The number of H-pyrrole nitrogens is 1. The van der Waals surface area contributed by atoms with E-state index in [-0.39, 0.29) is 0 Å². The summed E-state index contributed by atoms with van der Waals surface area (Å²) in [5, 5.41) is 7.84. The van der Waals surface area contributed by atoms with Crippen molar-refractivity contribution in [1.29, 1.82) is 0 Å². The van der Waals surface area contributed by atoms with Crippen LogP contribution in [0, 0.1) is 0 Å². The summed E-state index contributed by atoms with van der Waals surface area (Å²) >= 11 is 0. The van der Waals surface area contributed by atoms with Gasteiger partial charge in [0.2, 0.25) is 0 Å². The summed E-state index contributed by atoms with van der Waals surface area (Å²) in [6.07, 6.45) is 4.85. The summed E-state index contributed by atoms with van der Waals surface area (Å²) in [4.78, 5) is 27.6. The highest BCUT2D eigenvalue weighted by molar-refractivity contribution is 6.00. The predicted octanol–water partition coefficient (Wildman–Crippen LogP) is 2.19. The third-order valence-electron chi connectivity index (χ3n) is 5.54. The van der Waals surface area contributed by atoms with E-state index in [1.165, 1.54) is 12.7 Å². The smallest absolute Gasteiger partial charge is 0.143 e. The molecule has 5 rings (SSSR count). The highest BCUT2D eigenvalue weighted by Gasteiger charge is 2.22. The van der Waals surface area contributed by atoms with E-state index in [4.69, 9.17) is 10.7 Å². The maximum Gasteiger partial charge on any atom is 0.143 e. The molecule has 5 heterocycles. The molecule has 0 saturated carbocycles. The number of pyridine rings is 1. The molecule has 10 heteroatoms. The molecular formula is C22H26N10. The van der Waals surface area contributed by atoms with Gasteiger partial charge >= 0.3 is 0 Å². The molecule has 0 unspecified atom stereocenters. The minimum Gasteiger partial charge on any atom is -0.384 e. The quantitative estimate of drug-likeness (QED) is 0.376. The van der Waals surface area contributed by atoms with Crippen LogP contribution >= 0.6 is 0 Å². The Hall–Kier alpha value is -3.79. The second-order valence-electron chi connectivity index (χ2n) is 8.19. The Balaban J connectivity index is 1.40. The summed E-state index contributed by atoms with van der Waals surface area (Å²) in [5.74, 6) is 2.12. The van der Waals surface area contributed by atoms with Gasteiger partial charge in [0.15, 0.2) is 0 Å². The number of aromatic amines is 1. The van der Waals surface area contributed by atoms with Crippen molar-refractivity contribution in [3.05, 3.63) is 48.8 Å². The Bertz CT molecular complexity index is 1230. The first kappa shape index (κ1) is 20.1. The van der Waals surface area contributed by atoms with Crippen LogP contribution in [0.3, 0.4) is 0 Å². The lowest BCUT2D eigenvalue weighted by Crippen LogP contribution is -2.54. The van der Waals surface area contributed by atoms with E-state index in [0.29, 0.717) is 36.0 Å². The number of nitrogens with zero attached hydrogens (tertiary/aromatic N) is 6. The molecule has 0 amide bonds. The number of nitrogens with two attached hydrogens (primary N) is 1. The second kappa shape index (κ2) is 8.39. The molecule has 1 aliphatic heterocycles. The van der Waals surface area contributed by atoms with Gasteiger partial charge in [0, 0.05) is 43.0 Å². The van der Waals surface area contributed by atoms with Crippen molar-refractivity contribution in [1.82, 2.24) is 35.2 Å². The average Bonchev–Trinajstić information content (AvgIpc) is 3.22. The van der Waals surface area contributed by atoms with Crippen LogP contribution < -0.4 is 21.3 Å². The first-order chi connectivity index (χ1) is 15.6. The van der Waals surface area contributed by atoms with Crippen LogP contribution in [-0.2, 0) is 6.54 Å². The molecule has 0 bridgehead atoms. The zero-order valence-electron chi connectivity index (χ0n) is 18.1. The monoisotopic (exact) mass is 430 g/mol. The van der Waals surface area contributed by atoms with Crippen molar-refractivity contribution in [2.24, 2.45) is 0 Å². The van der Waals surface area contributed by atoms with Crippen molar-refractivity contribution in [3.8, 4) is 11.3 Å². The first-order valence-electron chi connectivity index (χ1n) is 10.7. The number of nitrogen functional groups attached to an aromatic ring is 1. The molecule has 164 valence electrons. The number of hydrogen-bond donors (Lipinski definition) is 4. The minimum atomic E-state index is 0.410. The second-order valence-corrected chi connectivity index (χ2v) is 8.19. The van der Waals surface area contributed by atoms with Crippen molar-refractivity contribution in [2.75, 3.05) is 29.0 Å². The molecule has 0 aliphatic carbocycles. The molecule has 1 saturated heterocycles. The van der Waals surface area contributed by atoms with Crippen LogP contribution in [0.2, 0.25) is 0 Å². The van der Waals surface area contributed by atoms with Crippen LogP contribution in [0.5, 0.6) is 0 Å². The average molecular weight is 431 g/mol. The topological polar surface area (TPSA) is 134 Å². The van der Waals surface area contributed by atoms with Crippen molar-refractivity contribution in [3.63, 3.8) is 0 Å². The summed E-state index contributed by atoms with van der Waals surface area (Å²) in [6.45, 7) is 6.82. The minimum absolute atomic E-state index is 0.410. The van der Waals surface area contributed by atoms with Gasteiger partial charge in [-0.25, -0.2) is 24.9 Å². The standard InChI is InChI=1S/C22H26N10/c1-13-9-32(10-14(2)30-13)19-5-3-4-15(31-19)7-24-21-20-16(8-25-22(20)29-12-28-21)17-6-18(23)27-11-26-17/h3-6,8,11-14,30H,7,9-10H2,1-2H3,(H2,23,26,27)(H2,24,25,28,29)/t13-,14+. The third-order valence-corrected chi connectivity index (χ3v) is 5.54. The van der Waals surface area contributed by atoms with Gasteiger partial charge in [-0.3, -0.25) is 0 Å². The SMILES string of the molecule is C[C@@H]1CN(c2cccc(CNc3ncnc4[nH]cc(-c5cc(N)ncn5)c34)n2)C[C@H](C)N1. The molecule has 0 radical (unpaired) electrons. The van der Waals surface area contributed by atoms with Gasteiger partial charge in [-0.05, 0) is 26.0 Å². The van der Waals surface area contributed by atoms with E-state index >= 15 is 0 Å². The van der Waals surface area contributed by atoms with Crippen molar-refractivity contribution >= 4 is 28.5 Å². The normalized spacial score (nSPS) is 18.8. The third kappa shape index (κ3) is 4.04. The molecule has 0 aromatic carbocycles. The van der Waals surface area contributed by atoms with Crippen LogP contribution in [-0.4, -0.2) is 55.1 Å². The van der Waals surface area contributed by atoms with Crippen molar-refractivity contribution in [2.45, 2.75) is 32.5 Å². The van der Waals surface area contributed by atoms with E-state index in [2.05, 4.69) is 66.4 Å². The molecular weight excluding hydrogens is 404 g/mol.